The Kier molecular flexibility index (Phi) is 6.82. The lowest BCUT2D eigenvalue weighted by molar-refractivity contribution is 0.666. The van der Waals surface area contributed by atoms with Gasteiger partial charge in [-0.3, -0.25) is 0 Å². The van der Waals surface area contributed by atoms with Crippen LogP contribution >= 0.6 is 11.3 Å². The Morgan fingerprint density at radius 2 is 1.07 bits per heavy atom. The van der Waals surface area contributed by atoms with Gasteiger partial charge in [0.2, 0.25) is 0 Å². The van der Waals surface area contributed by atoms with Gasteiger partial charge in [0.1, 0.15) is 5.58 Å². The monoisotopic (exact) mass is 770 g/mol. The number of nitrogens with zero attached hydrogens (tertiary/aromatic N) is 4. The van der Waals surface area contributed by atoms with Gasteiger partial charge in [-0.1, -0.05) is 127 Å². The average Bonchev–Trinajstić information content (AvgIpc) is 3.97. The molecule has 0 saturated heterocycles. The summed E-state index contributed by atoms with van der Waals surface area (Å²) in [7, 11) is 0. The Labute approximate surface area is 341 Å². The molecule has 0 aliphatic rings. The topological polar surface area (TPSA) is 56.7 Å². The van der Waals surface area contributed by atoms with Crippen LogP contribution in [0.25, 0.3) is 125 Å². The molecule has 0 atom stereocenters. The van der Waals surface area contributed by atoms with Crippen LogP contribution in [-0.2, 0) is 0 Å². The standard InChI is InChI=1S/C53H30N4OS/c1-2-13-32-26-35(25-24-31(32)12-1)51-54-52(56-53(55-51)40-19-11-23-48-49(40)39-18-7-10-22-47(39)59-48)36-28-42-38-17-6-9-21-46(38)58-50(42)45(30-36)57-43-20-8-5-16-37(43)41-27-33-14-3-4-15-34(33)29-44(41)57/h1-30H. The quantitative estimate of drug-likeness (QED) is 0.179. The second kappa shape index (κ2) is 12.4. The molecule has 5 nitrogen and oxygen atoms in total. The number of fused-ring (bicyclic) bond motifs is 11. The van der Waals surface area contributed by atoms with Crippen LogP contribution < -0.4 is 0 Å². The predicted octanol–water partition coefficient (Wildman–Crippen LogP) is 14.5. The summed E-state index contributed by atoms with van der Waals surface area (Å²) in [6.45, 7) is 0. The van der Waals surface area contributed by atoms with Crippen LogP contribution in [-0.4, -0.2) is 19.5 Å². The molecule has 0 aliphatic carbocycles. The number of furan rings is 1. The maximum Gasteiger partial charge on any atom is 0.164 e. The number of aromatic nitrogens is 4. The fraction of sp³-hybridized carbons (Fsp3) is 0. The van der Waals surface area contributed by atoms with Crippen LogP contribution in [0.4, 0.5) is 0 Å². The molecule has 4 heterocycles. The zero-order valence-corrected chi connectivity index (χ0v) is 32.2. The first kappa shape index (κ1) is 32.4. The lowest BCUT2D eigenvalue weighted by Gasteiger charge is -2.13. The highest BCUT2D eigenvalue weighted by molar-refractivity contribution is 7.25. The number of rotatable bonds is 4. The second-order valence-electron chi connectivity index (χ2n) is 15.2. The molecule has 9 aromatic carbocycles. The molecule has 0 unspecified atom stereocenters. The van der Waals surface area contributed by atoms with Crippen molar-refractivity contribution in [3.63, 3.8) is 0 Å². The summed E-state index contributed by atoms with van der Waals surface area (Å²) < 4.78 is 11.6. The van der Waals surface area contributed by atoms with Crippen molar-refractivity contribution in [2.45, 2.75) is 0 Å². The van der Waals surface area contributed by atoms with Gasteiger partial charge in [-0.25, -0.2) is 15.0 Å². The Hall–Kier alpha value is -7.67. The lowest BCUT2D eigenvalue weighted by Crippen LogP contribution is -2.02. The number of hydrogen-bond acceptors (Lipinski definition) is 5. The molecule has 13 rings (SSSR count). The summed E-state index contributed by atoms with van der Waals surface area (Å²) in [6.07, 6.45) is 0. The number of benzene rings is 9. The first-order valence-corrected chi connectivity index (χ1v) is 20.6. The zero-order valence-electron chi connectivity index (χ0n) is 31.4. The summed E-state index contributed by atoms with van der Waals surface area (Å²) in [6, 6.07) is 64.4. The minimum absolute atomic E-state index is 0.592. The van der Waals surface area contributed by atoms with E-state index in [1.165, 1.54) is 41.7 Å². The molecule has 59 heavy (non-hydrogen) atoms. The molecule has 0 spiro atoms. The van der Waals surface area contributed by atoms with Crippen LogP contribution in [0.3, 0.4) is 0 Å². The van der Waals surface area contributed by atoms with E-state index in [-0.39, 0.29) is 0 Å². The molecule has 274 valence electrons. The Morgan fingerprint density at radius 1 is 0.407 bits per heavy atom. The van der Waals surface area contributed by atoms with Crippen molar-refractivity contribution in [2.24, 2.45) is 0 Å². The first-order chi connectivity index (χ1) is 29.2. The number of thiophene rings is 1. The normalized spacial score (nSPS) is 12.1. The average molecular weight is 771 g/mol. The van der Waals surface area contributed by atoms with E-state index in [1.807, 2.05) is 12.1 Å². The van der Waals surface area contributed by atoms with Gasteiger partial charge >= 0.3 is 0 Å². The van der Waals surface area contributed by atoms with E-state index in [9.17, 15) is 0 Å². The van der Waals surface area contributed by atoms with E-state index in [1.54, 1.807) is 11.3 Å². The maximum atomic E-state index is 6.82. The summed E-state index contributed by atoms with van der Waals surface area (Å²) in [4.78, 5) is 16.0. The smallest absolute Gasteiger partial charge is 0.164 e. The van der Waals surface area contributed by atoms with E-state index in [4.69, 9.17) is 19.4 Å². The Morgan fingerprint density at radius 3 is 1.93 bits per heavy atom. The Bertz CT molecular complexity index is 3870. The van der Waals surface area contributed by atoms with Gasteiger partial charge in [0, 0.05) is 58.4 Å². The second-order valence-corrected chi connectivity index (χ2v) is 16.3. The minimum atomic E-state index is 0.592. The highest BCUT2D eigenvalue weighted by atomic mass is 32.1. The number of para-hydroxylation sites is 2. The summed E-state index contributed by atoms with van der Waals surface area (Å²) >= 11 is 1.79. The van der Waals surface area contributed by atoms with E-state index >= 15 is 0 Å². The fourth-order valence-corrected chi connectivity index (χ4v) is 10.2. The van der Waals surface area contributed by atoms with E-state index in [2.05, 4.69) is 174 Å². The molecule has 13 aromatic rings. The van der Waals surface area contributed by atoms with E-state index < -0.39 is 0 Å². The van der Waals surface area contributed by atoms with Gasteiger partial charge in [-0.15, -0.1) is 11.3 Å². The largest absolute Gasteiger partial charge is 0.454 e. The van der Waals surface area contributed by atoms with Crippen molar-refractivity contribution in [3.05, 3.63) is 182 Å². The van der Waals surface area contributed by atoms with Gasteiger partial charge in [0.15, 0.2) is 23.1 Å². The van der Waals surface area contributed by atoms with Crippen LogP contribution in [0.5, 0.6) is 0 Å². The summed E-state index contributed by atoms with van der Waals surface area (Å²) in [5.41, 5.74) is 7.55. The van der Waals surface area contributed by atoms with Crippen LogP contribution in [0.15, 0.2) is 186 Å². The zero-order chi connectivity index (χ0) is 38.6. The van der Waals surface area contributed by atoms with Crippen molar-refractivity contribution in [3.8, 4) is 39.9 Å². The third kappa shape index (κ3) is 4.94. The molecule has 0 amide bonds. The molecular formula is C53H30N4OS. The van der Waals surface area contributed by atoms with Crippen molar-refractivity contribution < 1.29 is 4.42 Å². The highest BCUT2D eigenvalue weighted by Gasteiger charge is 2.23. The summed E-state index contributed by atoms with van der Waals surface area (Å²) in [5.74, 6) is 1.85. The lowest BCUT2D eigenvalue weighted by atomic mass is 10.0. The van der Waals surface area contributed by atoms with E-state index in [0.717, 1.165) is 66.1 Å². The molecule has 6 heteroatoms. The molecule has 4 aromatic heterocycles. The molecule has 0 radical (unpaired) electrons. The first-order valence-electron chi connectivity index (χ1n) is 19.8. The minimum Gasteiger partial charge on any atom is -0.454 e. The molecular weight excluding hydrogens is 741 g/mol. The molecule has 0 bridgehead atoms. The third-order valence-corrected chi connectivity index (χ3v) is 12.9. The maximum absolute atomic E-state index is 6.82. The van der Waals surface area contributed by atoms with Crippen molar-refractivity contribution >= 4 is 96.8 Å². The Balaban J connectivity index is 1.14. The molecule has 0 aliphatic heterocycles. The SMILES string of the molecule is c1ccc2cc(-c3nc(-c4cc(-n5c6ccccc6c6cc7ccccc7cc65)c5oc6ccccc6c5c4)nc(-c4cccc5sc6ccccc6c45)n3)ccc2c1. The molecule has 0 fully saturated rings. The van der Waals surface area contributed by atoms with E-state index in [0.29, 0.717) is 17.5 Å². The van der Waals surface area contributed by atoms with Gasteiger partial charge < -0.3 is 8.98 Å². The van der Waals surface area contributed by atoms with Crippen molar-refractivity contribution in [1.82, 2.24) is 19.5 Å². The van der Waals surface area contributed by atoms with Crippen LogP contribution in [0, 0.1) is 0 Å². The van der Waals surface area contributed by atoms with Crippen LogP contribution in [0.1, 0.15) is 0 Å². The van der Waals surface area contributed by atoms with Gasteiger partial charge in [0.05, 0.1) is 16.7 Å². The molecule has 0 N–H and O–H groups in total. The summed E-state index contributed by atoms with van der Waals surface area (Å²) in [5, 5.41) is 11.4. The van der Waals surface area contributed by atoms with Gasteiger partial charge in [0.25, 0.3) is 0 Å². The number of hydrogen-bond donors (Lipinski definition) is 0. The van der Waals surface area contributed by atoms with Gasteiger partial charge in [-0.2, -0.15) is 0 Å². The fourth-order valence-electron chi connectivity index (χ4n) is 9.06. The highest BCUT2D eigenvalue weighted by Crippen LogP contribution is 2.43. The van der Waals surface area contributed by atoms with Gasteiger partial charge in [-0.05, 0) is 76.1 Å². The third-order valence-electron chi connectivity index (χ3n) is 11.8. The predicted molar refractivity (Wildman–Crippen MR) is 246 cm³/mol. The molecule has 0 saturated carbocycles. The van der Waals surface area contributed by atoms with Crippen molar-refractivity contribution in [2.75, 3.05) is 0 Å². The van der Waals surface area contributed by atoms with Crippen LogP contribution in [0.2, 0.25) is 0 Å². The van der Waals surface area contributed by atoms with Crippen molar-refractivity contribution in [1.29, 1.82) is 0 Å².